The molecule has 3 rings (SSSR count). The van der Waals surface area contributed by atoms with Gasteiger partial charge in [0, 0.05) is 5.02 Å². The lowest BCUT2D eigenvalue weighted by Gasteiger charge is -2.05. The lowest BCUT2D eigenvalue weighted by Crippen LogP contribution is -2.10. The van der Waals surface area contributed by atoms with E-state index in [4.69, 9.17) is 11.6 Å². The van der Waals surface area contributed by atoms with E-state index in [1.165, 1.54) is 6.07 Å². The number of benzene rings is 2. The van der Waals surface area contributed by atoms with E-state index in [0.717, 1.165) is 11.1 Å². The Hall–Kier alpha value is -2.27. The molecule has 0 N–H and O–H groups in total. The molecule has 2 aromatic carbocycles. The third-order valence-electron chi connectivity index (χ3n) is 2.71. The second-order valence-corrected chi connectivity index (χ2v) is 4.34. The summed E-state index contributed by atoms with van der Waals surface area (Å²) in [7, 11) is 0. The first kappa shape index (κ1) is 11.8. The Labute approximate surface area is 113 Å². The van der Waals surface area contributed by atoms with Gasteiger partial charge >= 0.3 is 0 Å². The molecule has 0 atom stereocenters. The van der Waals surface area contributed by atoms with Crippen LogP contribution in [0.3, 0.4) is 0 Å². The van der Waals surface area contributed by atoms with Crippen LogP contribution in [0.5, 0.6) is 0 Å². The van der Waals surface area contributed by atoms with Gasteiger partial charge in [0.05, 0.1) is 5.56 Å². The molecule has 0 fully saturated rings. The average molecular weight is 274 g/mol. The lowest BCUT2D eigenvalue weighted by molar-refractivity contribution is 0.625. The average Bonchev–Trinajstić information content (AvgIpc) is 2.93. The zero-order valence-electron chi connectivity index (χ0n) is 9.59. The Morgan fingerprint density at radius 3 is 2.26 bits per heavy atom. The van der Waals surface area contributed by atoms with Crippen molar-refractivity contribution in [3.8, 4) is 11.1 Å². The summed E-state index contributed by atoms with van der Waals surface area (Å²) in [5, 5.41) is 10.9. The van der Waals surface area contributed by atoms with E-state index >= 15 is 0 Å². The maximum Gasteiger partial charge on any atom is 0.210 e. The molecule has 1 aliphatic rings. The van der Waals surface area contributed by atoms with Gasteiger partial charge in [0.2, 0.25) is 5.84 Å². The van der Waals surface area contributed by atoms with Crippen LogP contribution in [0, 0.1) is 5.82 Å². The molecule has 2 aromatic rings. The summed E-state index contributed by atoms with van der Waals surface area (Å²) in [5.74, 6) is -0.234. The van der Waals surface area contributed by atoms with Crippen LogP contribution >= 0.6 is 11.6 Å². The van der Waals surface area contributed by atoms with Crippen LogP contribution in [0.2, 0.25) is 5.02 Å². The van der Waals surface area contributed by atoms with Crippen LogP contribution < -0.4 is 5.43 Å². The number of hydrogen-bond donors (Lipinski definition) is 0. The predicted molar refractivity (Wildman–Crippen MR) is 70.4 cm³/mol. The molecule has 1 aliphatic heterocycles. The number of amidine groups is 1. The van der Waals surface area contributed by atoms with Gasteiger partial charge in [-0.2, -0.15) is 0 Å². The Kier molecular flexibility index (Phi) is 2.97. The van der Waals surface area contributed by atoms with Crippen molar-refractivity contribution in [2.45, 2.75) is 0 Å². The molecule has 1 radical (unpaired) electrons. The Morgan fingerprint density at radius 1 is 0.895 bits per heavy atom. The van der Waals surface area contributed by atoms with Crippen molar-refractivity contribution >= 4 is 17.4 Å². The second-order valence-electron chi connectivity index (χ2n) is 3.90. The van der Waals surface area contributed by atoms with E-state index in [9.17, 15) is 4.39 Å². The Bertz CT molecular complexity index is 680. The predicted octanol–water partition coefficient (Wildman–Crippen LogP) is 3.79. The summed E-state index contributed by atoms with van der Waals surface area (Å²) in [5.41, 5.74) is 5.55. The second kappa shape index (κ2) is 4.78. The van der Waals surface area contributed by atoms with Gasteiger partial charge < -0.3 is 0 Å². The highest BCUT2D eigenvalue weighted by atomic mass is 35.5. The minimum absolute atomic E-state index is 0.181. The topological polar surface area (TPSA) is 51.2 Å². The zero-order valence-corrected chi connectivity index (χ0v) is 10.3. The smallest absolute Gasteiger partial charge is 0.206 e. The van der Waals surface area contributed by atoms with Gasteiger partial charge in [-0.05, 0) is 45.8 Å². The quantitative estimate of drug-likeness (QED) is 0.799. The first-order valence-corrected chi connectivity index (χ1v) is 5.86. The highest BCUT2D eigenvalue weighted by molar-refractivity contribution is 6.30. The van der Waals surface area contributed by atoms with Gasteiger partial charge in [0.25, 0.3) is 0 Å². The third-order valence-corrected chi connectivity index (χ3v) is 2.96. The van der Waals surface area contributed by atoms with Crippen molar-refractivity contribution in [1.82, 2.24) is 5.43 Å². The van der Waals surface area contributed by atoms with Gasteiger partial charge in [-0.1, -0.05) is 29.8 Å². The van der Waals surface area contributed by atoms with E-state index in [1.54, 1.807) is 24.3 Å². The molecule has 0 amide bonds. The molecular formula is C13H7ClFN4. The number of rotatable bonds is 2. The molecule has 0 unspecified atom stereocenters. The van der Waals surface area contributed by atoms with Gasteiger partial charge in [-0.15, -0.1) is 10.5 Å². The monoisotopic (exact) mass is 273 g/mol. The standard InChI is InChI=1S/C13H7ClFN4/c14-10-4-1-8(2-5-10)9-3-6-11(12(15)7-9)13-16-18-19-17-13/h1-7H. The summed E-state index contributed by atoms with van der Waals surface area (Å²) in [4.78, 5) is 0. The minimum atomic E-state index is -0.415. The molecular weight excluding hydrogens is 267 g/mol. The fourth-order valence-corrected chi connectivity index (χ4v) is 1.90. The molecule has 19 heavy (non-hydrogen) atoms. The van der Waals surface area contributed by atoms with E-state index in [2.05, 4.69) is 21.0 Å². The summed E-state index contributed by atoms with van der Waals surface area (Å²) in [6, 6.07) is 12.0. The fourth-order valence-electron chi connectivity index (χ4n) is 1.77. The molecule has 0 bridgehead atoms. The SMILES string of the molecule is Fc1cc(-c2ccc(Cl)cc2)ccc1C1=NN=N[N]1. The summed E-state index contributed by atoms with van der Waals surface area (Å²) in [6.07, 6.45) is 0. The van der Waals surface area contributed by atoms with Gasteiger partial charge in [-0.25, -0.2) is 4.39 Å². The van der Waals surface area contributed by atoms with Crippen LogP contribution in [0.4, 0.5) is 4.39 Å². The highest BCUT2D eigenvalue weighted by Crippen LogP contribution is 2.24. The van der Waals surface area contributed by atoms with E-state index < -0.39 is 5.82 Å². The van der Waals surface area contributed by atoms with Crippen LogP contribution in [-0.2, 0) is 0 Å². The minimum Gasteiger partial charge on any atom is -0.206 e. The highest BCUT2D eigenvalue weighted by Gasteiger charge is 2.15. The number of nitrogens with zero attached hydrogens (tertiary/aromatic N) is 4. The molecule has 0 spiro atoms. The van der Waals surface area contributed by atoms with Crippen LogP contribution in [0.1, 0.15) is 5.56 Å². The summed E-state index contributed by atoms with van der Waals surface area (Å²) < 4.78 is 14.0. The van der Waals surface area contributed by atoms with Gasteiger partial charge in [0.1, 0.15) is 5.82 Å². The molecule has 4 nitrogen and oxygen atoms in total. The van der Waals surface area contributed by atoms with E-state index in [1.807, 2.05) is 12.1 Å². The molecule has 0 aliphatic carbocycles. The molecule has 0 saturated carbocycles. The van der Waals surface area contributed by atoms with E-state index in [0.29, 0.717) is 5.02 Å². The number of halogens is 2. The van der Waals surface area contributed by atoms with Gasteiger partial charge in [0.15, 0.2) is 0 Å². The van der Waals surface area contributed by atoms with Crippen molar-refractivity contribution in [2.75, 3.05) is 0 Å². The van der Waals surface area contributed by atoms with Crippen molar-refractivity contribution in [1.29, 1.82) is 0 Å². The molecule has 1 heterocycles. The van der Waals surface area contributed by atoms with Crippen molar-refractivity contribution < 1.29 is 4.39 Å². The molecule has 6 heteroatoms. The first-order valence-electron chi connectivity index (χ1n) is 5.48. The van der Waals surface area contributed by atoms with Gasteiger partial charge in [-0.3, -0.25) is 0 Å². The molecule has 0 aromatic heterocycles. The largest absolute Gasteiger partial charge is 0.210 e. The number of hydrogen-bond acceptors (Lipinski definition) is 3. The molecule has 0 saturated heterocycles. The summed E-state index contributed by atoms with van der Waals surface area (Å²) in [6.45, 7) is 0. The lowest BCUT2D eigenvalue weighted by atomic mass is 10.0. The Morgan fingerprint density at radius 2 is 1.63 bits per heavy atom. The van der Waals surface area contributed by atoms with E-state index in [-0.39, 0.29) is 11.4 Å². The first-order chi connectivity index (χ1) is 9.24. The van der Waals surface area contributed by atoms with Crippen LogP contribution in [0.25, 0.3) is 11.1 Å². The van der Waals surface area contributed by atoms with Crippen LogP contribution in [-0.4, -0.2) is 5.84 Å². The summed E-state index contributed by atoms with van der Waals surface area (Å²) >= 11 is 5.82. The zero-order chi connectivity index (χ0) is 13.2. The normalized spacial score (nSPS) is 13.3. The Balaban J connectivity index is 1.97. The fraction of sp³-hybridized carbons (Fsp3) is 0. The van der Waals surface area contributed by atoms with Crippen molar-refractivity contribution in [3.63, 3.8) is 0 Å². The van der Waals surface area contributed by atoms with Crippen molar-refractivity contribution in [3.05, 3.63) is 58.9 Å². The third kappa shape index (κ3) is 2.32. The maximum absolute atomic E-state index is 14.0. The maximum atomic E-state index is 14.0. The molecule has 93 valence electrons. The van der Waals surface area contributed by atoms with Crippen LogP contribution in [0.15, 0.2) is 58.0 Å². The van der Waals surface area contributed by atoms with Crippen molar-refractivity contribution in [2.24, 2.45) is 15.5 Å².